The summed E-state index contributed by atoms with van der Waals surface area (Å²) in [5, 5.41) is 20.4. The Morgan fingerprint density at radius 2 is 0.891 bits per heavy atom. The van der Waals surface area contributed by atoms with Crippen LogP contribution in [0.2, 0.25) is 0 Å². The molecule has 3 N–H and O–H groups in total. The second-order valence-electron chi connectivity index (χ2n) is 13.4. The second kappa shape index (κ2) is 36.7. The van der Waals surface area contributed by atoms with Gasteiger partial charge in [0.15, 0.2) is 5.52 Å². The molecule has 0 amide bonds. The van der Waals surface area contributed by atoms with E-state index in [4.69, 9.17) is 10.2 Å². The van der Waals surface area contributed by atoms with Crippen molar-refractivity contribution in [1.82, 2.24) is 5.09 Å². The van der Waals surface area contributed by atoms with Gasteiger partial charge in [0.25, 0.3) is 0 Å². The normalized spacial score (nSPS) is 12.5. The van der Waals surface area contributed by atoms with Gasteiger partial charge in [0.1, 0.15) is 11.8 Å². The van der Waals surface area contributed by atoms with Gasteiger partial charge in [-0.15, -0.1) is 0 Å². The molecule has 7 heteroatoms. The minimum absolute atomic E-state index is 0.0264. The Morgan fingerprint density at radius 3 is 1.26 bits per heavy atom. The van der Waals surface area contributed by atoms with Crippen LogP contribution in [0.1, 0.15) is 206 Å². The quantitative estimate of drug-likeness (QED) is 0.0344. The summed E-state index contributed by atoms with van der Waals surface area (Å²) in [5.74, 6) is -0.650. The lowest BCUT2D eigenvalue weighted by atomic mass is 10.0. The minimum Gasteiger partial charge on any atom is -0.480 e. The number of Topliss-reactive ketones (excluding diaryl/α,β-unsaturated/α-hetero) is 1. The molecule has 0 spiro atoms. The molecule has 46 heavy (non-hydrogen) atoms. The Balaban J connectivity index is 3.30. The molecule has 0 aromatic heterocycles. The van der Waals surface area contributed by atoms with Gasteiger partial charge in [0.05, 0.1) is 6.61 Å². The standard InChI is InChI=1S/C39H74NO5P/c1-2-3-4-5-6-7-8-9-11-14-17-20-23-26-29-32-36(42)33-30-27-24-21-18-15-12-10-13-16-19-22-25-28-31-34-38(43)46-40-37(35-41)39(44)45/h10,13,37,40-41,46H,2-9,11-12,14-35H2,1H3,(H,44,45)/t37-/m0/s1. The van der Waals surface area contributed by atoms with Gasteiger partial charge in [0.2, 0.25) is 0 Å². The maximum absolute atomic E-state index is 12.2. The van der Waals surface area contributed by atoms with Crippen LogP contribution in [0.3, 0.4) is 0 Å². The first kappa shape index (κ1) is 44.9. The minimum atomic E-state index is -1.13. The second-order valence-corrected chi connectivity index (χ2v) is 14.5. The van der Waals surface area contributed by atoms with Gasteiger partial charge < -0.3 is 10.2 Å². The van der Waals surface area contributed by atoms with Crippen molar-refractivity contribution in [3.05, 3.63) is 12.2 Å². The van der Waals surface area contributed by atoms with Gasteiger partial charge in [-0.3, -0.25) is 19.5 Å². The third kappa shape index (κ3) is 34.2. The zero-order valence-electron chi connectivity index (χ0n) is 30.0. The van der Waals surface area contributed by atoms with Crippen molar-refractivity contribution in [1.29, 1.82) is 0 Å². The van der Waals surface area contributed by atoms with Crippen molar-refractivity contribution < 1.29 is 24.6 Å². The van der Waals surface area contributed by atoms with Crippen LogP contribution in [0.15, 0.2) is 12.2 Å². The average Bonchev–Trinajstić information content (AvgIpc) is 3.04. The number of carboxylic acid groups (broad SMARTS) is 1. The molecule has 0 fully saturated rings. The van der Waals surface area contributed by atoms with Crippen LogP contribution in [0.25, 0.3) is 0 Å². The van der Waals surface area contributed by atoms with Crippen molar-refractivity contribution in [3.63, 3.8) is 0 Å². The van der Waals surface area contributed by atoms with Crippen molar-refractivity contribution in [3.8, 4) is 0 Å². The summed E-state index contributed by atoms with van der Waals surface area (Å²) in [6, 6.07) is -1.05. The summed E-state index contributed by atoms with van der Waals surface area (Å²) in [5.41, 5.74) is 0.0264. The fraction of sp³-hybridized carbons (Fsp3) is 0.872. The highest BCUT2D eigenvalue weighted by Crippen LogP contribution is 2.17. The molecular formula is C39H74NO5P. The summed E-state index contributed by atoms with van der Waals surface area (Å²) in [6.07, 6.45) is 42.2. The van der Waals surface area contributed by atoms with E-state index in [1.54, 1.807) is 0 Å². The SMILES string of the molecule is CCCCCCCCCCCCCCCCCC(=O)CCCCCCCCC=CCCCCCCCC(=O)PN[C@@H](CO)C(=O)O. The number of ketones is 1. The van der Waals surface area contributed by atoms with Gasteiger partial charge >= 0.3 is 5.97 Å². The Labute approximate surface area is 286 Å². The highest BCUT2D eigenvalue weighted by atomic mass is 31.1. The summed E-state index contributed by atoms with van der Waals surface area (Å²) in [4.78, 5) is 34.8. The number of allylic oxidation sites excluding steroid dienone is 2. The number of aliphatic hydroxyl groups is 1. The third-order valence-corrected chi connectivity index (χ3v) is 9.96. The highest BCUT2D eigenvalue weighted by Gasteiger charge is 2.16. The van der Waals surface area contributed by atoms with Crippen LogP contribution >= 0.6 is 8.73 Å². The van der Waals surface area contributed by atoms with Gasteiger partial charge in [-0.2, -0.15) is 0 Å². The predicted molar refractivity (Wildman–Crippen MR) is 198 cm³/mol. The molecule has 0 aromatic rings. The molecule has 0 aliphatic rings. The Morgan fingerprint density at radius 1 is 0.543 bits per heavy atom. The van der Waals surface area contributed by atoms with Gasteiger partial charge in [0, 0.05) is 28.0 Å². The number of hydrogen-bond donors (Lipinski definition) is 3. The lowest BCUT2D eigenvalue weighted by molar-refractivity contribution is -0.139. The number of aliphatic hydroxyl groups excluding tert-OH is 1. The number of unbranched alkanes of at least 4 members (excludes halogenated alkanes) is 25. The Hall–Kier alpha value is -1.10. The van der Waals surface area contributed by atoms with Crippen LogP contribution < -0.4 is 5.09 Å². The molecule has 0 aliphatic carbocycles. The van der Waals surface area contributed by atoms with E-state index in [0.29, 0.717) is 12.2 Å². The fourth-order valence-corrected chi connectivity index (χ4v) is 6.69. The van der Waals surface area contributed by atoms with E-state index in [1.807, 2.05) is 0 Å². The predicted octanol–water partition coefficient (Wildman–Crippen LogP) is 11.4. The van der Waals surface area contributed by atoms with E-state index in [2.05, 4.69) is 24.2 Å². The summed E-state index contributed by atoms with van der Waals surface area (Å²) in [7, 11) is -0.257. The lowest BCUT2D eigenvalue weighted by Crippen LogP contribution is -2.35. The number of hydrogen-bond acceptors (Lipinski definition) is 5. The van der Waals surface area contributed by atoms with E-state index < -0.39 is 18.6 Å². The molecule has 0 aliphatic heterocycles. The zero-order chi connectivity index (χ0) is 33.8. The van der Waals surface area contributed by atoms with Crippen LogP contribution in [-0.2, 0) is 14.4 Å². The number of carbonyl (C=O) groups excluding carboxylic acids is 2. The average molecular weight is 668 g/mol. The topological polar surface area (TPSA) is 104 Å². The van der Waals surface area contributed by atoms with E-state index >= 15 is 0 Å². The lowest BCUT2D eigenvalue weighted by Gasteiger charge is -2.10. The zero-order valence-corrected chi connectivity index (χ0v) is 31.0. The van der Waals surface area contributed by atoms with Crippen LogP contribution in [0.5, 0.6) is 0 Å². The Kier molecular flexibility index (Phi) is 35.9. The molecular weight excluding hydrogens is 593 g/mol. The molecule has 6 nitrogen and oxygen atoms in total. The van der Waals surface area contributed by atoms with Crippen molar-refractivity contribution in [2.24, 2.45) is 0 Å². The molecule has 0 bridgehead atoms. The van der Waals surface area contributed by atoms with Crippen LogP contribution in [-0.4, -0.2) is 40.1 Å². The van der Waals surface area contributed by atoms with Crippen molar-refractivity contribution in [2.75, 3.05) is 6.61 Å². The Bertz CT molecular complexity index is 729. The first-order valence-electron chi connectivity index (χ1n) is 19.6. The third-order valence-electron chi connectivity index (χ3n) is 8.94. The highest BCUT2D eigenvalue weighted by molar-refractivity contribution is 7.55. The number of carbonyl (C=O) groups is 3. The van der Waals surface area contributed by atoms with Gasteiger partial charge in [-0.05, 0) is 44.9 Å². The maximum atomic E-state index is 12.2. The number of nitrogens with one attached hydrogen (secondary N) is 1. The largest absolute Gasteiger partial charge is 0.480 e. The number of rotatable bonds is 38. The van der Waals surface area contributed by atoms with E-state index in [-0.39, 0.29) is 14.3 Å². The summed E-state index contributed by atoms with van der Waals surface area (Å²) < 4.78 is 0. The molecule has 0 aromatic carbocycles. The van der Waals surface area contributed by atoms with Crippen molar-refractivity contribution >= 4 is 26.0 Å². The van der Waals surface area contributed by atoms with Gasteiger partial charge in [-0.1, -0.05) is 154 Å². The summed E-state index contributed by atoms with van der Waals surface area (Å²) >= 11 is 0. The van der Waals surface area contributed by atoms with E-state index in [1.165, 1.54) is 135 Å². The molecule has 0 saturated heterocycles. The maximum Gasteiger partial charge on any atom is 0.323 e. The van der Waals surface area contributed by atoms with Crippen molar-refractivity contribution in [2.45, 2.75) is 212 Å². The first-order valence-corrected chi connectivity index (χ1v) is 20.6. The molecule has 0 rings (SSSR count). The number of carboxylic acids is 1. The number of aliphatic carboxylic acids is 1. The molecule has 1 unspecified atom stereocenters. The van der Waals surface area contributed by atoms with Crippen LogP contribution in [0.4, 0.5) is 0 Å². The fourth-order valence-electron chi connectivity index (χ4n) is 5.84. The molecule has 0 saturated carbocycles. The molecule has 0 radical (unpaired) electrons. The molecule has 270 valence electrons. The monoisotopic (exact) mass is 668 g/mol. The first-order chi connectivity index (χ1) is 22.5. The van der Waals surface area contributed by atoms with E-state index in [0.717, 1.165) is 57.8 Å². The van der Waals surface area contributed by atoms with E-state index in [9.17, 15) is 14.4 Å². The molecule has 0 heterocycles. The summed E-state index contributed by atoms with van der Waals surface area (Å²) in [6.45, 7) is 1.78. The smallest absolute Gasteiger partial charge is 0.323 e. The van der Waals surface area contributed by atoms with Gasteiger partial charge in [-0.25, -0.2) is 0 Å². The molecule has 2 atom stereocenters. The van der Waals surface area contributed by atoms with Crippen LogP contribution in [0, 0.1) is 0 Å².